The third-order valence-electron chi connectivity index (χ3n) is 3.55. The van der Waals surface area contributed by atoms with Gasteiger partial charge >= 0.3 is 0 Å². The average Bonchev–Trinajstić information content (AvgIpc) is 2.39. The van der Waals surface area contributed by atoms with Gasteiger partial charge in [0, 0.05) is 19.2 Å². The van der Waals surface area contributed by atoms with E-state index in [1.807, 2.05) is 6.92 Å². The molecule has 0 aliphatic heterocycles. The largest absolute Gasteiger partial charge is 0.396 e. The Balaban J connectivity index is 4.17. The zero-order valence-corrected chi connectivity index (χ0v) is 11.7. The number of aliphatic hydroxyl groups is 3. The molecule has 2 unspecified atom stereocenters. The Morgan fingerprint density at radius 3 is 2.17 bits per heavy atom. The van der Waals surface area contributed by atoms with Crippen LogP contribution in [0.5, 0.6) is 0 Å². The van der Waals surface area contributed by atoms with Crippen molar-refractivity contribution in [1.29, 1.82) is 0 Å². The molecule has 5 heteroatoms. The van der Waals surface area contributed by atoms with Crippen LogP contribution in [0.2, 0.25) is 0 Å². The molecule has 0 spiro atoms. The molecular formula is C13H30N2O3. The SMILES string of the molecule is CC(CO)C[C@H](CN)C(C)C[C@H](CO)NCCO. The van der Waals surface area contributed by atoms with E-state index in [2.05, 4.69) is 12.2 Å². The lowest BCUT2D eigenvalue weighted by Crippen LogP contribution is -2.38. The van der Waals surface area contributed by atoms with Gasteiger partial charge in [-0.25, -0.2) is 0 Å². The molecule has 0 amide bonds. The number of hydrogen-bond donors (Lipinski definition) is 5. The van der Waals surface area contributed by atoms with E-state index in [-0.39, 0.29) is 31.8 Å². The molecule has 0 saturated heterocycles. The Kier molecular flexibility index (Phi) is 10.6. The summed E-state index contributed by atoms with van der Waals surface area (Å²) in [5.74, 6) is 1.00. The maximum Gasteiger partial charge on any atom is 0.0584 e. The van der Waals surface area contributed by atoms with Crippen molar-refractivity contribution in [1.82, 2.24) is 5.32 Å². The topological polar surface area (TPSA) is 98.7 Å². The second-order valence-electron chi connectivity index (χ2n) is 5.29. The predicted molar refractivity (Wildman–Crippen MR) is 73.2 cm³/mol. The van der Waals surface area contributed by atoms with Crippen molar-refractivity contribution in [2.75, 3.05) is 32.9 Å². The zero-order chi connectivity index (χ0) is 14.0. The number of nitrogens with two attached hydrogens (primary N) is 1. The fourth-order valence-electron chi connectivity index (χ4n) is 2.28. The van der Waals surface area contributed by atoms with Gasteiger partial charge in [-0.15, -0.1) is 0 Å². The Morgan fingerprint density at radius 1 is 1.06 bits per heavy atom. The molecule has 0 fully saturated rings. The van der Waals surface area contributed by atoms with E-state index < -0.39 is 0 Å². The van der Waals surface area contributed by atoms with Crippen molar-refractivity contribution >= 4 is 0 Å². The second kappa shape index (κ2) is 10.7. The summed E-state index contributed by atoms with van der Waals surface area (Å²) in [5.41, 5.74) is 5.79. The minimum Gasteiger partial charge on any atom is -0.396 e. The highest BCUT2D eigenvalue weighted by Crippen LogP contribution is 2.23. The maximum absolute atomic E-state index is 9.27. The molecule has 0 radical (unpaired) electrons. The second-order valence-corrected chi connectivity index (χ2v) is 5.29. The van der Waals surface area contributed by atoms with Crippen LogP contribution in [0.4, 0.5) is 0 Å². The monoisotopic (exact) mass is 262 g/mol. The molecule has 5 nitrogen and oxygen atoms in total. The van der Waals surface area contributed by atoms with Gasteiger partial charge < -0.3 is 26.4 Å². The minimum atomic E-state index is 0.00522. The molecule has 0 saturated carbocycles. The number of rotatable bonds is 11. The van der Waals surface area contributed by atoms with Gasteiger partial charge in [0.1, 0.15) is 0 Å². The first-order valence-electron chi connectivity index (χ1n) is 6.84. The van der Waals surface area contributed by atoms with Crippen molar-refractivity contribution in [2.24, 2.45) is 23.5 Å². The highest BCUT2D eigenvalue weighted by Gasteiger charge is 2.21. The van der Waals surface area contributed by atoms with E-state index in [0.717, 1.165) is 12.8 Å². The van der Waals surface area contributed by atoms with Crippen LogP contribution in [0.25, 0.3) is 0 Å². The molecular weight excluding hydrogens is 232 g/mol. The minimum absolute atomic E-state index is 0.00522. The van der Waals surface area contributed by atoms with E-state index in [1.165, 1.54) is 0 Å². The normalized spacial score (nSPS) is 18.3. The number of nitrogens with one attached hydrogen (secondary N) is 1. The fourth-order valence-corrected chi connectivity index (χ4v) is 2.28. The highest BCUT2D eigenvalue weighted by atomic mass is 16.3. The maximum atomic E-state index is 9.27. The summed E-state index contributed by atoms with van der Waals surface area (Å²) in [6, 6.07) is 0.00522. The van der Waals surface area contributed by atoms with Crippen LogP contribution >= 0.6 is 0 Å². The van der Waals surface area contributed by atoms with Crippen LogP contribution in [-0.4, -0.2) is 54.3 Å². The summed E-state index contributed by atoms with van der Waals surface area (Å²) in [6.45, 7) is 5.58. The molecule has 4 atom stereocenters. The Labute approximate surface area is 110 Å². The summed E-state index contributed by atoms with van der Waals surface area (Å²) in [6.07, 6.45) is 1.74. The summed E-state index contributed by atoms with van der Waals surface area (Å²) in [4.78, 5) is 0. The Hall–Kier alpha value is -0.200. The molecule has 0 heterocycles. The highest BCUT2D eigenvalue weighted by molar-refractivity contribution is 4.76. The molecule has 110 valence electrons. The first-order chi connectivity index (χ1) is 8.58. The van der Waals surface area contributed by atoms with E-state index in [4.69, 9.17) is 15.9 Å². The zero-order valence-electron chi connectivity index (χ0n) is 11.7. The van der Waals surface area contributed by atoms with Crippen LogP contribution in [-0.2, 0) is 0 Å². The molecule has 0 aromatic heterocycles. The van der Waals surface area contributed by atoms with E-state index in [1.54, 1.807) is 0 Å². The molecule has 0 aliphatic carbocycles. The van der Waals surface area contributed by atoms with E-state index in [9.17, 15) is 5.11 Å². The lowest BCUT2D eigenvalue weighted by atomic mass is 9.83. The smallest absolute Gasteiger partial charge is 0.0584 e. The molecule has 0 aromatic rings. The first-order valence-corrected chi connectivity index (χ1v) is 6.84. The predicted octanol–water partition coefficient (Wildman–Crippen LogP) is -0.451. The van der Waals surface area contributed by atoms with Crippen LogP contribution in [0, 0.1) is 17.8 Å². The van der Waals surface area contributed by atoms with E-state index in [0.29, 0.717) is 24.9 Å². The fraction of sp³-hybridized carbons (Fsp3) is 1.00. The quantitative estimate of drug-likeness (QED) is 0.347. The van der Waals surface area contributed by atoms with Gasteiger partial charge in [0.25, 0.3) is 0 Å². The third-order valence-corrected chi connectivity index (χ3v) is 3.55. The summed E-state index contributed by atoms with van der Waals surface area (Å²) < 4.78 is 0. The summed E-state index contributed by atoms with van der Waals surface area (Å²) in [7, 11) is 0. The van der Waals surface area contributed by atoms with Gasteiger partial charge in [-0.1, -0.05) is 13.8 Å². The molecule has 0 rings (SSSR count). The van der Waals surface area contributed by atoms with Crippen molar-refractivity contribution in [3.05, 3.63) is 0 Å². The molecule has 6 N–H and O–H groups in total. The van der Waals surface area contributed by atoms with Gasteiger partial charge in [0.15, 0.2) is 0 Å². The van der Waals surface area contributed by atoms with Crippen molar-refractivity contribution in [3.63, 3.8) is 0 Å². The Bertz CT molecular complexity index is 193. The van der Waals surface area contributed by atoms with Gasteiger partial charge in [-0.2, -0.15) is 0 Å². The number of aliphatic hydroxyl groups excluding tert-OH is 3. The lowest BCUT2D eigenvalue weighted by Gasteiger charge is -2.28. The van der Waals surface area contributed by atoms with Crippen LogP contribution in [0.3, 0.4) is 0 Å². The third kappa shape index (κ3) is 7.28. The van der Waals surface area contributed by atoms with Crippen LogP contribution < -0.4 is 11.1 Å². The van der Waals surface area contributed by atoms with Gasteiger partial charge in [-0.05, 0) is 37.1 Å². The molecule has 0 aromatic carbocycles. The lowest BCUT2D eigenvalue weighted by molar-refractivity contribution is 0.168. The first kappa shape index (κ1) is 17.8. The Morgan fingerprint density at radius 2 is 1.72 bits per heavy atom. The summed E-state index contributed by atoms with van der Waals surface area (Å²) >= 11 is 0. The van der Waals surface area contributed by atoms with Gasteiger partial charge in [0.2, 0.25) is 0 Å². The number of hydrogen-bond acceptors (Lipinski definition) is 5. The van der Waals surface area contributed by atoms with Gasteiger partial charge in [0.05, 0.1) is 13.2 Å². The summed E-state index contributed by atoms with van der Waals surface area (Å²) in [5, 5.41) is 30.2. The van der Waals surface area contributed by atoms with Crippen LogP contribution in [0.15, 0.2) is 0 Å². The molecule has 0 aliphatic rings. The van der Waals surface area contributed by atoms with E-state index >= 15 is 0 Å². The average molecular weight is 262 g/mol. The van der Waals surface area contributed by atoms with Crippen LogP contribution in [0.1, 0.15) is 26.7 Å². The van der Waals surface area contributed by atoms with Crippen molar-refractivity contribution in [2.45, 2.75) is 32.7 Å². The van der Waals surface area contributed by atoms with Gasteiger partial charge in [-0.3, -0.25) is 0 Å². The van der Waals surface area contributed by atoms with Crippen molar-refractivity contribution in [3.8, 4) is 0 Å². The standard InChI is InChI=1S/C13H30N2O3/c1-10(8-17)5-12(7-14)11(2)6-13(9-18)15-3-4-16/h10-13,15-18H,3-9,14H2,1-2H3/t10?,11?,12-,13-/m1/s1. The molecule has 18 heavy (non-hydrogen) atoms. The molecule has 0 bridgehead atoms. The van der Waals surface area contributed by atoms with Crippen molar-refractivity contribution < 1.29 is 15.3 Å².